The molecule has 1 heterocycles. The van der Waals surface area contributed by atoms with E-state index >= 15 is 0 Å². The molecular formula is C6H11N5O. The molecule has 0 bridgehead atoms. The van der Waals surface area contributed by atoms with Crippen molar-refractivity contribution in [1.82, 2.24) is 14.7 Å². The SMILES string of the molecule is CN(C)C(=O)n1nc(N)cc1N. The van der Waals surface area contributed by atoms with Crippen molar-refractivity contribution in [1.29, 1.82) is 0 Å². The molecule has 0 fully saturated rings. The minimum absolute atomic E-state index is 0.239. The van der Waals surface area contributed by atoms with Crippen LogP contribution in [0.15, 0.2) is 6.07 Å². The molecule has 0 aliphatic carbocycles. The zero-order valence-corrected chi connectivity index (χ0v) is 6.98. The largest absolute Gasteiger partial charge is 0.383 e. The van der Waals surface area contributed by atoms with Crippen LogP contribution in [0.25, 0.3) is 0 Å². The van der Waals surface area contributed by atoms with Gasteiger partial charge in [-0.2, -0.15) is 4.68 Å². The second-order valence-electron chi connectivity index (χ2n) is 2.58. The molecule has 0 aliphatic heterocycles. The maximum absolute atomic E-state index is 11.3. The van der Waals surface area contributed by atoms with Crippen LogP contribution in [0.1, 0.15) is 0 Å². The number of amides is 1. The molecule has 0 radical (unpaired) electrons. The van der Waals surface area contributed by atoms with E-state index in [0.29, 0.717) is 0 Å². The molecule has 1 aromatic heterocycles. The first kappa shape index (κ1) is 8.38. The van der Waals surface area contributed by atoms with Crippen LogP contribution in [0.4, 0.5) is 16.4 Å². The minimum Gasteiger partial charge on any atom is -0.383 e. The molecule has 1 aromatic rings. The third-order valence-corrected chi connectivity index (χ3v) is 1.32. The fourth-order valence-corrected chi connectivity index (χ4v) is 0.757. The molecule has 12 heavy (non-hydrogen) atoms. The van der Waals surface area contributed by atoms with Crippen molar-refractivity contribution in [2.75, 3.05) is 25.6 Å². The molecule has 0 unspecified atom stereocenters. The summed E-state index contributed by atoms with van der Waals surface area (Å²) < 4.78 is 1.05. The fourth-order valence-electron chi connectivity index (χ4n) is 0.757. The lowest BCUT2D eigenvalue weighted by Crippen LogP contribution is -2.29. The predicted molar refractivity (Wildman–Crippen MR) is 45.5 cm³/mol. The average molecular weight is 169 g/mol. The zero-order chi connectivity index (χ0) is 9.30. The van der Waals surface area contributed by atoms with E-state index in [1.54, 1.807) is 14.1 Å². The van der Waals surface area contributed by atoms with Crippen molar-refractivity contribution >= 4 is 17.7 Å². The summed E-state index contributed by atoms with van der Waals surface area (Å²) in [4.78, 5) is 12.6. The molecule has 0 saturated carbocycles. The first-order valence-electron chi connectivity index (χ1n) is 3.35. The summed E-state index contributed by atoms with van der Waals surface area (Å²) in [5.74, 6) is 0.480. The van der Waals surface area contributed by atoms with Crippen LogP contribution >= 0.6 is 0 Å². The third-order valence-electron chi connectivity index (χ3n) is 1.32. The zero-order valence-electron chi connectivity index (χ0n) is 6.98. The molecule has 0 aliphatic rings. The summed E-state index contributed by atoms with van der Waals surface area (Å²) in [5, 5.41) is 3.71. The van der Waals surface area contributed by atoms with Crippen LogP contribution in [0, 0.1) is 0 Å². The number of carbonyl (C=O) groups is 1. The molecule has 1 rings (SSSR count). The Kier molecular flexibility index (Phi) is 1.90. The van der Waals surface area contributed by atoms with Crippen molar-refractivity contribution in [3.05, 3.63) is 6.07 Å². The van der Waals surface area contributed by atoms with E-state index in [1.807, 2.05) is 0 Å². The van der Waals surface area contributed by atoms with Crippen LogP contribution in [-0.2, 0) is 0 Å². The molecule has 6 nitrogen and oxygen atoms in total. The Labute approximate surface area is 69.7 Å². The molecule has 0 spiro atoms. The Morgan fingerprint density at radius 2 is 2.17 bits per heavy atom. The normalized spacial score (nSPS) is 9.83. The van der Waals surface area contributed by atoms with Gasteiger partial charge in [-0.05, 0) is 0 Å². The van der Waals surface area contributed by atoms with Crippen LogP contribution in [0.2, 0.25) is 0 Å². The first-order chi connectivity index (χ1) is 5.52. The molecular weight excluding hydrogens is 158 g/mol. The van der Waals surface area contributed by atoms with Gasteiger partial charge in [-0.3, -0.25) is 0 Å². The highest BCUT2D eigenvalue weighted by molar-refractivity contribution is 5.79. The highest BCUT2D eigenvalue weighted by atomic mass is 16.2. The van der Waals surface area contributed by atoms with Gasteiger partial charge >= 0.3 is 6.03 Å². The van der Waals surface area contributed by atoms with E-state index in [2.05, 4.69) is 5.10 Å². The lowest BCUT2D eigenvalue weighted by Gasteiger charge is -2.09. The topological polar surface area (TPSA) is 90.2 Å². The second-order valence-corrected chi connectivity index (χ2v) is 2.58. The quantitative estimate of drug-likeness (QED) is 0.551. The van der Waals surface area contributed by atoms with Crippen LogP contribution in [-0.4, -0.2) is 34.8 Å². The molecule has 1 amide bonds. The fraction of sp³-hybridized carbons (Fsp3) is 0.333. The van der Waals surface area contributed by atoms with Gasteiger partial charge in [0.2, 0.25) is 0 Å². The molecule has 0 saturated heterocycles. The smallest absolute Gasteiger partial charge is 0.346 e. The monoisotopic (exact) mass is 169 g/mol. The number of hydrogen-bond acceptors (Lipinski definition) is 4. The minimum atomic E-state index is -0.316. The molecule has 6 heteroatoms. The predicted octanol–water partition coefficient (Wildman–Crippen LogP) is -0.423. The number of aromatic nitrogens is 2. The highest BCUT2D eigenvalue weighted by Gasteiger charge is 2.11. The molecule has 0 atom stereocenters. The number of anilines is 2. The van der Waals surface area contributed by atoms with Gasteiger partial charge in [0.05, 0.1) is 0 Å². The maximum atomic E-state index is 11.3. The summed E-state index contributed by atoms with van der Waals surface area (Å²) in [6, 6.07) is 1.12. The van der Waals surface area contributed by atoms with E-state index < -0.39 is 0 Å². The van der Waals surface area contributed by atoms with E-state index in [1.165, 1.54) is 11.0 Å². The average Bonchev–Trinajstić information content (AvgIpc) is 2.28. The first-order valence-corrected chi connectivity index (χ1v) is 3.35. The third kappa shape index (κ3) is 1.31. The Hall–Kier alpha value is -1.72. The lowest BCUT2D eigenvalue weighted by molar-refractivity contribution is 0.216. The summed E-state index contributed by atoms with van der Waals surface area (Å²) in [7, 11) is 3.22. The van der Waals surface area contributed by atoms with E-state index in [0.717, 1.165) is 4.68 Å². The number of nitrogens with two attached hydrogens (primary N) is 2. The number of rotatable bonds is 0. The van der Waals surface area contributed by atoms with E-state index in [-0.39, 0.29) is 17.7 Å². The van der Waals surface area contributed by atoms with Gasteiger partial charge in [-0.1, -0.05) is 0 Å². The molecule has 0 aromatic carbocycles. The van der Waals surface area contributed by atoms with Gasteiger partial charge in [0.15, 0.2) is 0 Å². The Bertz CT molecular complexity index is 303. The van der Waals surface area contributed by atoms with E-state index in [9.17, 15) is 4.79 Å². The van der Waals surface area contributed by atoms with Gasteiger partial charge in [0.1, 0.15) is 11.6 Å². The Morgan fingerprint density at radius 1 is 1.58 bits per heavy atom. The van der Waals surface area contributed by atoms with Crippen molar-refractivity contribution < 1.29 is 4.79 Å². The number of carbonyl (C=O) groups excluding carboxylic acids is 1. The van der Waals surface area contributed by atoms with Crippen molar-refractivity contribution in [2.45, 2.75) is 0 Å². The summed E-state index contributed by atoms with van der Waals surface area (Å²) in [5.41, 5.74) is 10.8. The number of nitrogen functional groups attached to an aromatic ring is 2. The lowest BCUT2D eigenvalue weighted by atomic mass is 10.6. The van der Waals surface area contributed by atoms with Crippen molar-refractivity contribution in [3.63, 3.8) is 0 Å². The van der Waals surface area contributed by atoms with Crippen molar-refractivity contribution in [3.8, 4) is 0 Å². The maximum Gasteiger partial charge on any atom is 0.346 e. The summed E-state index contributed by atoms with van der Waals surface area (Å²) in [6.45, 7) is 0. The van der Waals surface area contributed by atoms with Crippen LogP contribution in [0.3, 0.4) is 0 Å². The van der Waals surface area contributed by atoms with Crippen molar-refractivity contribution in [2.24, 2.45) is 0 Å². The molecule has 66 valence electrons. The summed E-state index contributed by atoms with van der Waals surface area (Å²) >= 11 is 0. The number of nitrogens with zero attached hydrogens (tertiary/aromatic N) is 3. The van der Waals surface area contributed by atoms with Gasteiger partial charge in [-0.25, -0.2) is 4.79 Å². The second kappa shape index (κ2) is 2.72. The highest BCUT2D eigenvalue weighted by Crippen LogP contribution is 2.07. The number of hydrogen-bond donors (Lipinski definition) is 2. The van der Waals surface area contributed by atoms with Crippen LogP contribution in [0.5, 0.6) is 0 Å². The van der Waals surface area contributed by atoms with Crippen LogP contribution < -0.4 is 11.5 Å². The summed E-state index contributed by atoms with van der Waals surface area (Å²) in [6.07, 6.45) is 0. The van der Waals surface area contributed by atoms with Gasteiger partial charge < -0.3 is 16.4 Å². The van der Waals surface area contributed by atoms with Gasteiger partial charge in [0.25, 0.3) is 0 Å². The van der Waals surface area contributed by atoms with Gasteiger partial charge in [0, 0.05) is 20.2 Å². The Morgan fingerprint density at radius 3 is 2.50 bits per heavy atom. The standard InChI is InChI=1S/C6H11N5O/c1-10(2)6(12)11-5(8)3-4(7)9-11/h3H,8H2,1-2H3,(H2,7,9). The van der Waals surface area contributed by atoms with Gasteiger partial charge in [-0.15, -0.1) is 5.10 Å². The van der Waals surface area contributed by atoms with E-state index in [4.69, 9.17) is 11.5 Å². The Balaban J connectivity index is 3.02. The molecule has 4 N–H and O–H groups in total.